The van der Waals surface area contributed by atoms with Crippen LogP contribution in [0.4, 0.5) is 0 Å². The van der Waals surface area contributed by atoms with Gasteiger partial charge in [-0.3, -0.25) is 0 Å². The predicted octanol–water partition coefficient (Wildman–Crippen LogP) is 5.59. The second-order valence-corrected chi connectivity index (χ2v) is 5.13. The summed E-state index contributed by atoms with van der Waals surface area (Å²) >= 11 is 0. The van der Waals surface area contributed by atoms with E-state index in [9.17, 15) is 0 Å². The molecule has 3 rings (SSSR count). The number of aryl methyl sites for hydroxylation is 1. The van der Waals surface area contributed by atoms with Crippen LogP contribution in [0.5, 0.6) is 0 Å². The summed E-state index contributed by atoms with van der Waals surface area (Å²) in [6.45, 7) is 4.19. The fraction of sp³-hybridized carbons (Fsp3) is 0.100. The van der Waals surface area contributed by atoms with E-state index < -0.39 is 0 Å². The van der Waals surface area contributed by atoms with Crippen LogP contribution in [0.15, 0.2) is 84.0 Å². The average molecular weight is 274 g/mol. The smallest absolute Gasteiger partial charge is 0.104 e. The van der Waals surface area contributed by atoms with Gasteiger partial charge in [-0.2, -0.15) is 0 Å². The van der Waals surface area contributed by atoms with Crippen LogP contribution < -0.4 is 0 Å². The molecule has 21 heavy (non-hydrogen) atoms. The highest BCUT2D eigenvalue weighted by molar-refractivity contribution is 5.69. The fourth-order valence-corrected chi connectivity index (χ4v) is 2.40. The molecular formula is C20H18O. The Morgan fingerprint density at radius 1 is 0.810 bits per heavy atom. The topological polar surface area (TPSA) is 13.1 Å². The SMILES string of the molecule is C=C(CCc1ccco1)c1ccc(-c2ccccc2)cc1. The van der Waals surface area contributed by atoms with E-state index in [-0.39, 0.29) is 0 Å². The second kappa shape index (κ2) is 6.27. The van der Waals surface area contributed by atoms with Crippen molar-refractivity contribution in [1.82, 2.24) is 0 Å². The zero-order chi connectivity index (χ0) is 14.5. The molecule has 3 aromatic rings. The standard InChI is InChI=1S/C20H18O/c1-16(9-14-20-8-5-15-21-20)17-10-12-19(13-11-17)18-6-3-2-4-7-18/h2-8,10-13,15H,1,9,14H2. The van der Waals surface area contributed by atoms with Crippen LogP contribution in [0.2, 0.25) is 0 Å². The minimum atomic E-state index is 0.895. The molecule has 1 heteroatoms. The van der Waals surface area contributed by atoms with Gasteiger partial charge in [0, 0.05) is 6.42 Å². The molecule has 0 aliphatic heterocycles. The Hall–Kier alpha value is -2.54. The summed E-state index contributed by atoms with van der Waals surface area (Å²) in [6.07, 6.45) is 3.53. The van der Waals surface area contributed by atoms with Gasteiger partial charge < -0.3 is 4.42 Å². The Bertz CT molecular complexity index is 691. The lowest BCUT2D eigenvalue weighted by atomic mass is 9.98. The minimum absolute atomic E-state index is 0.895. The molecule has 0 aliphatic carbocycles. The van der Waals surface area contributed by atoms with Crippen molar-refractivity contribution in [2.75, 3.05) is 0 Å². The van der Waals surface area contributed by atoms with Crippen LogP contribution in [0.3, 0.4) is 0 Å². The van der Waals surface area contributed by atoms with Gasteiger partial charge in [0.15, 0.2) is 0 Å². The van der Waals surface area contributed by atoms with Gasteiger partial charge in [0.1, 0.15) is 5.76 Å². The first-order valence-corrected chi connectivity index (χ1v) is 7.19. The Kier molecular flexibility index (Phi) is 4.02. The van der Waals surface area contributed by atoms with E-state index in [2.05, 4.69) is 55.1 Å². The average Bonchev–Trinajstić information content (AvgIpc) is 3.07. The first-order chi connectivity index (χ1) is 10.3. The summed E-state index contributed by atoms with van der Waals surface area (Å²) in [5.41, 5.74) is 4.82. The maximum absolute atomic E-state index is 5.36. The highest BCUT2D eigenvalue weighted by Crippen LogP contribution is 2.24. The summed E-state index contributed by atoms with van der Waals surface area (Å²) in [7, 11) is 0. The Labute approximate surface area is 125 Å². The third kappa shape index (κ3) is 3.32. The van der Waals surface area contributed by atoms with E-state index in [0.717, 1.165) is 24.2 Å². The van der Waals surface area contributed by atoms with Crippen molar-refractivity contribution >= 4 is 5.57 Å². The number of hydrogen-bond acceptors (Lipinski definition) is 1. The molecule has 0 radical (unpaired) electrons. The number of furan rings is 1. The zero-order valence-electron chi connectivity index (χ0n) is 12.0. The maximum Gasteiger partial charge on any atom is 0.104 e. The lowest BCUT2D eigenvalue weighted by Gasteiger charge is -2.07. The molecule has 0 unspecified atom stereocenters. The number of allylic oxidation sites excluding steroid dienone is 1. The van der Waals surface area contributed by atoms with Gasteiger partial charge in [-0.1, -0.05) is 61.2 Å². The van der Waals surface area contributed by atoms with E-state index in [1.54, 1.807) is 6.26 Å². The molecule has 1 nitrogen and oxygen atoms in total. The van der Waals surface area contributed by atoms with Crippen molar-refractivity contribution in [2.24, 2.45) is 0 Å². The molecule has 0 amide bonds. The normalized spacial score (nSPS) is 10.5. The first kappa shape index (κ1) is 13.4. The van der Waals surface area contributed by atoms with E-state index in [1.165, 1.54) is 16.7 Å². The lowest BCUT2D eigenvalue weighted by molar-refractivity contribution is 0.511. The van der Waals surface area contributed by atoms with Gasteiger partial charge in [0.05, 0.1) is 6.26 Å². The van der Waals surface area contributed by atoms with Crippen LogP contribution in [0.25, 0.3) is 16.7 Å². The van der Waals surface area contributed by atoms with E-state index >= 15 is 0 Å². The minimum Gasteiger partial charge on any atom is -0.469 e. The van der Waals surface area contributed by atoms with Crippen LogP contribution in [-0.4, -0.2) is 0 Å². The molecule has 0 spiro atoms. The zero-order valence-corrected chi connectivity index (χ0v) is 12.0. The third-order valence-corrected chi connectivity index (χ3v) is 3.65. The largest absolute Gasteiger partial charge is 0.469 e. The molecule has 0 bridgehead atoms. The van der Waals surface area contributed by atoms with Crippen LogP contribution in [0, 0.1) is 0 Å². The molecule has 1 aromatic heterocycles. The molecule has 2 aromatic carbocycles. The van der Waals surface area contributed by atoms with Gasteiger partial charge in [-0.05, 0) is 40.8 Å². The van der Waals surface area contributed by atoms with Gasteiger partial charge in [0.25, 0.3) is 0 Å². The predicted molar refractivity (Wildman–Crippen MR) is 87.9 cm³/mol. The summed E-state index contributed by atoms with van der Waals surface area (Å²) in [4.78, 5) is 0. The van der Waals surface area contributed by atoms with Gasteiger partial charge in [-0.25, -0.2) is 0 Å². The van der Waals surface area contributed by atoms with Crippen molar-refractivity contribution in [3.63, 3.8) is 0 Å². The summed E-state index contributed by atoms with van der Waals surface area (Å²) < 4.78 is 5.36. The van der Waals surface area contributed by atoms with Gasteiger partial charge in [0.2, 0.25) is 0 Å². The van der Waals surface area contributed by atoms with Crippen molar-refractivity contribution in [2.45, 2.75) is 12.8 Å². The van der Waals surface area contributed by atoms with Crippen LogP contribution in [-0.2, 0) is 6.42 Å². The number of rotatable bonds is 5. The number of benzene rings is 2. The van der Waals surface area contributed by atoms with Crippen molar-refractivity contribution in [3.8, 4) is 11.1 Å². The van der Waals surface area contributed by atoms with Gasteiger partial charge in [-0.15, -0.1) is 0 Å². The van der Waals surface area contributed by atoms with Crippen molar-refractivity contribution < 1.29 is 4.42 Å². The lowest BCUT2D eigenvalue weighted by Crippen LogP contribution is -1.87. The molecule has 0 atom stereocenters. The molecule has 0 saturated carbocycles. The summed E-state index contributed by atoms with van der Waals surface area (Å²) in [5, 5.41) is 0. The molecule has 0 saturated heterocycles. The molecule has 104 valence electrons. The van der Waals surface area contributed by atoms with Crippen LogP contribution in [0.1, 0.15) is 17.7 Å². The fourth-order valence-electron chi connectivity index (χ4n) is 2.40. The monoisotopic (exact) mass is 274 g/mol. The molecular weight excluding hydrogens is 256 g/mol. The quantitative estimate of drug-likeness (QED) is 0.591. The summed E-state index contributed by atoms with van der Waals surface area (Å²) in [6, 6.07) is 22.9. The van der Waals surface area contributed by atoms with Crippen molar-refractivity contribution in [3.05, 3.63) is 90.9 Å². The molecule has 0 N–H and O–H groups in total. The van der Waals surface area contributed by atoms with E-state index in [4.69, 9.17) is 4.42 Å². The van der Waals surface area contributed by atoms with Crippen molar-refractivity contribution in [1.29, 1.82) is 0 Å². The first-order valence-electron chi connectivity index (χ1n) is 7.19. The van der Waals surface area contributed by atoms with E-state index in [0.29, 0.717) is 0 Å². The third-order valence-electron chi connectivity index (χ3n) is 3.65. The molecule has 0 aliphatic rings. The number of hydrogen-bond donors (Lipinski definition) is 0. The summed E-state index contributed by atoms with van der Waals surface area (Å²) in [5.74, 6) is 1.01. The molecule has 1 heterocycles. The van der Waals surface area contributed by atoms with Crippen LogP contribution >= 0.6 is 0 Å². The molecule has 0 fully saturated rings. The Morgan fingerprint density at radius 3 is 2.19 bits per heavy atom. The Morgan fingerprint density at radius 2 is 1.52 bits per heavy atom. The maximum atomic E-state index is 5.36. The van der Waals surface area contributed by atoms with E-state index in [1.807, 2.05) is 18.2 Å². The van der Waals surface area contributed by atoms with Gasteiger partial charge >= 0.3 is 0 Å². The second-order valence-electron chi connectivity index (χ2n) is 5.13. The Balaban J connectivity index is 1.67. The highest BCUT2D eigenvalue weighted by Gasteiger charge is 2.03. The highest BCUT2D eigenvalue weighted by atomic mass is 16.3.